The average molecular weight is 463 g/mol. The predicted octanol–water partition coefficient (Wildman–Crippen LogP) is 3.06. The van der Waals surface area contributed by atoms with Gasteiger partial charge in [-0.2, -0.15) is 13.2 Å². The Morgan fingerprint density at radius 3 is 1.91 bits per heavy atom. The van der Waals surface area contributed by atoms with Crippen LogP contribution in [0.1, 0.15) is 22.7 Å². The molecule has 0 aromatic heterocycles. The highest BCUT2D eigenvalue weighted by atomic mass is 19.4. The van der Waals surface area contributed by atoms with E-state index >= 15 is 0 Å². The molecule has 0 radical (unpaired) electrons. The number of nitrogens with one attached hydrogen (secondary N) is 1. The van der Waals surface area contributed by atoms with Gasteiger partial charge in [-0.1, -0.05) is 42.5 Å². The Labute approximate surface area is 187 Å². The zero-order valence-electron chi connectivity index (χ0n) is 17.9. The van der Waals surface area contributed by atoms with E-state index in [4.69, 9.17) is 14.2 Å². The zero-order chi connectivity index (χ0) is 24.4. The summed E-state index contributed by atoms with van der Waals surface area (Å²) in [4.78, 5) is 38.9. The van der Waals surface area contributed by atoms with Crippen molar-refractivity contribution < 1.29 is 41.8 Å². The number of halogens is 3. The monoisotopic (exact) mass is 463 g/mol. The van der Waals surface area contributed by atoms with E-state index in [2.05, 4.69) is 5.32 Å². The molecule has 0 saturated carbocycles. The van der Waals surface area contributed by atoms with Gasteiger partial charge in [0.05, 0.1) is 44.1 Å². The molecule has 1 heterocycles. The van der Waals surface area contributed by atoms with Crippen LogP contribution < -0.4 is 5.32 Å². The Balaban J connectivity index is 2.32. The summed E-state index contributed by atoms with van der Waals surface area (Å²) < 4.78 is 53.8. The molecule has 1 N–H and O–H groups in total. The number of methoxy groups -OCH3 is 3. The van der Waals surface area contributed by atoms with Crippen molar-refractivity contribution in [3.63, 3.8) is 0 Å². The van der Waals surface area contributed by atoms with Crippen LogP contribution >= 0.6 is 0 Å². The van der Waals surface area contributed by atoms with Gasteiger partial charge in [-0.15, -0.1) is 0 Å². The van der Waals surface area contributed by atoms with Crippen molar-refractivity contribution in [3.8, 4) is 0 Å². The number of ether oxygens (including phenoxy) is 3. The number of hydrogen-bond acceptors (Lipinski definition) is 7. The molecule has 3 rings (SSSR count). The Morgan fingerprint density at radius 1 is 0.848 bits per heavy atom. The molecule has 0 fully saturated rings. The number of benzene rings is 2. The summed E-state index contributed by atoms with van der Waals surface area (Å²) >= 11 is 0. The van der Waals surface area contributed by atoms with Crippen LogP contribution in [-0.2, 0) is 40.3 Å². The van der Waals surface area contributed by atoms with E-state index < -0.39 is 41.2 Å². The average Bonchev–Trinajstić information content (AvgIpc) is 3.20. The molecule has 0 saturated heterocycles. The lowest BCUT2D eigenvalue weighted by atomic mass is 9.82. The molecule has 0 spiro atoms. The summed E-state index contributed by atoms with van der Waals surface area (Å²) in [5.41, 5.74) is -3.10. The molecule has 0 bridgehead atoms. The van der Waals surface area contributed by atoms with E-state index in [1.165, 1.54) is 12.1 Å². The third-order valence-electron chi connectivity index (χ3n) is 5.36. The van der Waals surface area contributed by atoms with E-state index in [0.717, 1.165) is 45.6 Å². The molecule has 0 amide bonds. The lowest BCUT2D eigenvalue weighted by molar-refractivity contribution is -0.150. The third-order valence-corrected chi connectivity index (χ3v) is 5.36. The van der Waals surface area contributed by atoms with Crippen LogP contribution in [-0.4, -0.2) is 39.2 Å². The minimum atomic E-state index is -4.57. The SMILES string of the molecule is COC(=O)C1=C(C(=O)OC)[C@](C(=O)OC)(c2ccccc2)N[C@H]1c1ccc(C(F)(F)F)cc1. The van der Waals surface area contributed by atoms with Gasteiger partial charge in [0.1, 0.15) is 0 Å². The smallest absolute Gasteiger partial charge is 0.416 e. The maximum absolute atomic E-state index is 13.2. The van der Waals surface area contributed by atoms with Crippen molar-refractivity contribution in [1.29, 1.82) is 0 Å². The van der Waals surface area contributed by atoms with Crippen molar-refractivity contribution in [1.82, 2.24) is 5.32 Å². The van der Waals surface area contributed by atoms with Crippen LogP contribution in [0.3, 0.4) is 0 Å². The molecule has 0 unspecified atom stereocenters. The topological polar surface area (TPSA) is 90.9 Å². The molecule has 0 aliphatic carbocycles. The lowest BCUT2D eigenvalue weighted by Gasteiger charge is -2.30. The highest BCUT2D eigenvalue weighted by molar-refractivity contribution is 6.10. The van der Waals surface area contributed by atoms with Crippen LogP contribution in [0.25, 0.3) is 0 Å². The molecular weight excluding hydrogens is 443 g/mol. The van der Waals surface area contributed by atoms with Crippen LogP contribution in [0.4, 0.5) is 13.2 Å². The first kappa shape index (κ1) is 24.0. The highest BCUT2D eigenvalue weighted by Crippen LogP contribution is 2.46. The molecule has 2 aromatic carbocycles. The molecule has 33 heavy (non-hydrogen) atoms. The van der Waals surface area contributed by atoms with Crippen LogP contribution in [0, 0.1) is 0 Å². The Bertz CT molecular complexity index is 1100. The maximum atomic E-state index is 13.2. The predicted molar refractivity (Wildman–Crippen MR) is 109 cm³/mol. The van der Waals surface area contributed by atoms with Gasteiger partial charge in [-0.3, -0.25) is 5.32 Å². The fourth-order valence-electron chi connectivity index (χ4n) is 3.86. The molecule has 174 valence electrons. The number of alkyl halides is 3. The first-order valence-electron chi connectivity index (χ1n) is 9.61. The van der Waals surface area contributed by atoms with Gasteiger partial charge in [-0.25, -0.2) is 14.4 Å². The second kappa shape index (κ2) is 9.07. The van der Waals surface area contributed by atoms with Gasteiger partial charge >= 0.3 is 24.1 Å². The number of rotatable bonds is 5. The molecule has 2 aromatic rings. The van der Waals surface area contributed by atoms with Gasteiger partial charge in [-0.05, 0) is 23.3 Å². The van der Waals surface area contributed by atoms with Crippen molar-refractivity contribution in [3.05, 3.63) is 82.4 Å². The Hall–Kier alpha value is -3.66. The Kier molecular flexibility index (Phi) is 6.59. The lowest BCUT2D eigenvalue weighted by Crippen LogP contribution is -2.50. The van der Waals surface area contributed by atoms with E-state index in [9.17, 15) is 27.6 Å². The molecule has 7 nitrogen and oxygen atoms in total. The van der Waals surface area contributed by atoms with Crippen LogP contribution in [0.5, 0.6) is 0 Å². The first-order chi connectivity index (χ1) is 15.6. The van der Waals surface area contributed by atoms with Crippen molar-refractivity contribution >= 4 is 17.9 Å². The highest BCUT2D eigenvalue weighted by Gasteiger charge is 2.58. The molecule has 1 aliphatic heterocycles. The standard InChI is InChI=1S/C23H20F3NO6/c1-31-19(28)16-17(20(29)32-2)22(21(30)33-3,14-7-5-4-6-8-14)27-18(16)13-9-11-15(12-10-13)23(24,25)26/h4-12,18,27H,1-3H3/t18-,22-/m0/s1. The largest absolute Gasteiger partial charge is 0.467 e. The van der Waals surface area contributed by atoms with E-state index in [1.807, 2.05) is 0 Å². The van der Waals surface area contributed by atoms with E-state index in [1.54, 1.807) is 18.2 Å². The minimum absolute atomic E-state index is 0.187. The second-order valence-corrected chi connectivity index (χ2v) is 7.08. The van der Waals surface area contributed by atoms with Crippen LogP contribution in [0.2, 0.25) is 0 Å². The van der Waals surface area contributed by atoms with Crippen molar-refractivity contribution in [2.45, 2.75) is 17.8 Å². The summed E-state index contributed by atoms with van der Waals surface area (Å²) in [5, 5.41) is 2.95. The fraction of sp³-hybridized carbons (Fsp3) is 0.261. The molecule has 2 atom stereocenters. The zero-order valence-corrected chi connectivity index (χ0v) is 17.9. The summed E-state index contributed by atoms with van der Waals surface area (Å²) in [6.45, 7) is 0. The van der Waals surface area contributed by atoms with Crippen molar-refractivity contribution in [2.24, 2.45) is 0 Å². The van der Waals surface area contributed by atoms with Gasteiger partial charge in [0.2, 0.25) is 0 Å². The van der Waals surface area contributed by atoms with Gasteiger partial charge in [0.15, 0.2) is 5.54 Å². The van der Waals surface area contributed by atoms with Gasteiger partial charge < -0.3 is 14.2 Å². The number of esters is 3. The summed E-state index contributed by atoms with van der Waals surface area (Å²) in [5.74, 6) is -2.90. The molecular formula is C23H20F3NO6. The number of carbonyl (C=O) groups excluding carboxylic acids is 3. The molecule has 1 aliphatic rings. The fourth-order valence-corrected chi connectivity index (χ4v) is 3.86. The van der Waals surface area contributed by atoms with Gasteiger partial charge in [0.25, 0.3) is 0 Å². The van der Waals surface area contributed by atoms with E-state index in [-0.39, 0.29) is 22.3 Å². The minimum Gasteiger partial charge on any atom is -0.467 e. The quantitative estimate of drug-likeness (QED) is 0.538. The summed E-state index contributed by atoms with van der Waals surface area (Å²) in [6, 6.07) is 10.8. The molecule has 10 heteroatoms. The normalized spacial score (nSPS) is 20.4. The Morgan fingerprint density at radius 2 is 1.42 bits per heavy atom. The van der Waals surface area contributed by atoms with Crippen LogP contribution in [0.15, 0.2) is 65.7 Å². The third kappa shape index (κ3) is 4.09. The van der Waals surface area contributed by atoms with Crippen molar-refractivity contribution in [2.75, 3.05) is 21.3 Å². The number of carbonyl (C=O) groups is 3. The second-order valence-electron chi connectivity index (χ2n) is 7.08. The van der Waals surface area contributed by atoms with Gasteiger partial charge in [0, 0.05) is 0 Å². The first-order valence-corrected chi connectivity index (χ1v) is 9.61. The summed E-state index contributed by atoms with van der Waals surface area (Å²) in [6.07, 6.45) is -4.57. The summed E-state index contributed by atoms with van der Waals surface area (Å²) in [7, 11) is 3.25. The maximum Gasteiger partial charge on any atom is 0.416 e. The van der Waals surface area contributed by atoms with E-state index in [0.29, 0.717) is 0 Å². The number of hydrogen-bond donors (Lipinski definition) is 1.